The molecule has 1 heterocycles. The first kappa shape index (κ1) is 9.20. The Morgan fingerprint density at radius 3 is 2.33 bits per heavy atom. The van der Waals surface area contributed by atoms with E-state index < -0.39 is 0 Å². The molecule has 2 nitrogen and oxygen atoms in total. The van der Waals surface area contributed by atoms with Crippen LogP contribution in [0.15, 0.2) is 18.5 Å². The number of nitrogens with zero attached hydrogens (tertiary/aromatic N) is 1. The maximum atomic E-state index is 5.81. The predicted octanol–water partition coefficient (Wildman–Crippen LogP) is 2.22. The standard InChI is InChI=1S/C10H16N2/c1-7(2)9-4-5-12-6-10(9)8(3)11/h4-8H,11H2,1-3H3. The molecule has 0 bridgehead atoms. The topological polar surface area (TPSA) is 38.9 Å². The molecule has 0 aromatic carbocycles. The Kier molecular flexibility index (Phi) is 2.82. The van der Waals surface area contributed by atoms with Crippen molar-refractivity contribution < 1.29 is 0 Å². The van der Waals surface area contributed by atoms with Crippen LogP contribution in [0.2, 0.25) is 0 Å². The number of aromatic nitrogens is 1. The Bertz CT molecular complexity index is 227. The normalized spacial score (nSPS) is 13.4. The van der Waals surface area contributed by atoms with Gasteiger partial charge in [-0.05, 0) is 30.0 Å². The highest BCUT2D eigenvalue weighted by atomic mass is 14.7. The highest BCUT2D eigenvalue weighted by Crippen LogP contribution is 2.21. The summed E-state index contributed by atoms with van der Waals surface area (Å²) in [5.74, 6) is 0.522. The van der Waals surface area contributed by atoms with E-state index >= 15 is 0 Å². The van der Waals surface area contributed by atoms with Crippen molar-refractivity contribution in [2.75, 3.05) is 0 Å². The van der Waals surface area contributed by atoms with E-state index in [1.165, 1.54) is 5.56 Å². The van der Waals surface area contributed by atoms with Crippen molar-refractivity contribution in [3.63, 3.8) is 0 Å². The van der Waals surface area contributed by atoms with Gasteiger partial charge in [0.25, 0.3) is 0 Å². The van der Waals surface area contributed by atoms with Gasteiger partial charge < -0.3 is 5.73 Å². The van der Waals surface area contributed by atoms with E-state index in [0.29, 0.717) is 5.92 Å². The van der Waals surface area contributed by atoms with E-state index in [4.69, 9.17) is 5.73 Å². The lowest BCUT2D eigenvalue weighted by molar-refractivity contribution is 0.758. The van der Waals surface area contributed by atoms with E-state index in [9.17, 15) is 0 Å². The lowest BCUT2D eigenvalue weighted by Crippen LogP contribution is -2.09. The van der Waals surface area contributed by atoms with Gasteiger partial charge in [-0.15, -0.1) is 0 Å². The summed E-state index contributed by atoms with van der Waals surface area (Å²) < 4.78 is 0. The van der Waals surface area contributed by atoms with Gasteiger partial charge in [-0.1, -0.05) is 13.8 Å². The molecule has 66 valence electrons. The highest BCUT2D eigenvalue weighted by Gasteiger charge is 2.08. The van der Waals surface area contributed by atoms with E-state index in [1.807, 2.05) is 25.4 Å². The zero-order valence-electron chi connectivity index (χ0n) is 7.91. The summed E-state index contributed by atoms with van der Waals surface area (Å²) in [4.78, 5) is 4.07. The number of hydrogen-bond donors (Lipinski definition) is 1. The summed E-state index contributed by atoms with van der Waals surface area (Å²) in [6.07, 6.45) is 3.68. The van der Waals surface area contributed by atoms with E-state index in [1.54, 1.807) is 0 Å². The summed E-state index contributed by atoms with van der Waals surface area (Å²) in [5, 5.41) is 0. The van der Waals surface area contributed by atoms with Crippen LogP contribution in [0.3, 0.4) is 0 Å². The molecule has 1 aromatic rings. The first-order valence-electron chi connectivity index (χ1n) is 4.32. The van der Waals surface area contributed by atoms with Gasteiger partial charge in [0.15, 0.2) is 0 Å². The van der Waals surface area contributed by atoms with Gasteiger partial charge in [-0.25, -0.2) is 0 Å². The summed E-state index contributed by atoms with van der Waals surface area (Å²) in [6.45, 7) is 6.32. The average Bonchev–Trinajstić information content (AvgIpc) is 2.04. The number of hydrogen-bond acceptors (Lipinski definition) is 2. The highest BCUT2D eigenvalue weighted by molar-refractivity contribution is 5.28. The van der Waals surface area contributed by atoms with Crippen LogP contribution in [0.4, 0.5) is 0 Å². The summed E-state index contributed by atoms with van der Waals surface area (Å²) in [6, 6.07) is 2.12. The second-order valence-electron chi connectivity index (χ2n) is 3.45. The first-order chi connectivity index (χ1) is 5.63. The molecular weight excluding hydrogens is 148 g/mol. The van der Waals surface area contributed by atoms with Crippen molar-refractivity contribution in [2.24, 2.45) is 5.73 Å². The molecular formula is C10H16N2. The molecule has 1 unspecified atom stereocenters. The average molecular weight is 164 g/mol. The molecule has 0 saturated carbocycles. The number of rotatable bonds is 2. The minimum atomic E-state index is 0.0797. The van der Waals surface area contributed by atoms with Crippen LogP contribution in [0, 0.1) is 0 Å². The fourth-order valence-corrected chi connectivity index (χ4v) is 1.32. The van der Waals surface area contributed by atoms with Gasteiger partial charge in [0.2, 0.25) is 0 Å². The maximum absolute atomic E-state index is 5.81. The molecule has 0 fully saturated rings. The lowest BCUT2D eigenvalue weighted by atomic mass is 9.96. The van der Waals surface area contributed by atoms with Crippen molar-refractivity contribution in [2.45, 2.75) is 32.7 Å². The fraction of sp³-hybridized carbons (Fsp3) is 0.500. The SMILES string of the molecule is CC(C)c1ccncc1C(C)N. The second kappa shape index (κ2) is 3.68. The van der Waals surface area contributed by atoms with Gasteiger partial charge in [0, 0.05) is 18.4 Å². The summed E-state index contributed by atoms with van der Waals surface area (Å²) in [5.41, 5.74) is 8.28. The molecule has 0 aliphatic carbocycles. The third-order valence-corrected chi connectivity index (χ3v) is 2.00. The Morgan fingerprint density at radius 1 is 1.25 bits per heavy atom. The van der Waals surface area contributed by atoms with Crippen LogP contribution >= 0.6 is 0 Å². The van der Waals surface area contributed by atoms with Crippen LogP contribution in [0.5, 0.6) is 0 Å². The van der Waals surface area contributed by atoms with Gasteiger partial charge in [0.1, 0.15) is 0 Å². The molecule has 2 heteroatoms. The minimum Gasteiger partial charge on any atom is -0.324 e. The molecule has 0 amide bonds. The summed E-state index contributed by atoms with van der Waals surface area (Å²) >= 11 is 0. The Balaban J connectivity index is 3.09. The molecule has 0 saturated heterocycles. The van der Waals surface area contributed by atoms with Crippen LogP contribution in [-0.2, 0) is 0 Å². The molecule has 1 aromatic heterocycles. The first-order valence-corrected chi connectivity index (χ1v) is 4.32. The van der Waals surface area contributed by atoms with Gasteiger partial charge >= 0.3 is 0 Å². The second-order valence-corrected chi connectivity index (χ2v) is 3.45. The molecule has 0 radical (unpaired) electrons. The van der Waals surface area contributed by atoms with Crippen LogP contribution in [-0.4, -0.2) is 4.98 Å². The van der Waals surface area contributed by atoms with Crippen LogP contribution in [0.25, 0.3) is 0 Å². The zero-order valence-corrected chi connectivity index (χ0v) is 7.91. The van der Waals surface area contributed by atoms with Crippen molar-refractivity contribution >= 4 is 0 Å². The third-order valence-electron chi connectivity index (χ3n) is 2.00. The van der Waals surface area contributed by atoms with Crippen LogP contribution < -0.4 is 5.73 Å². The largest absolute Gasteiger partial charge is 0.324 e. The van der Waals surface area contributed by atoms with E-state index in [0.717, 1.165) is 5.56 Å². The van der Waals surface area contributed by atoms with Gasteiger partial charge in [-0.2, -0.15) is 0 Å². The molecule has 1 atom stereocenters. The Morgan fingerprint density at radius 2 is 1.92 bits per heavy atom. The van der Waals surface area contributed by atoms with Crippen molar-refractivity contribution in [3.05, 3.63) is 29.6 Å². The molecule has 0 aliphatic rings. The van der Waals surface area contributed by atoms with Crippen molar-refractivity contribution in [3.8, 4) is 0 Å². The molecule has 0 aliphatic heterocycles. The smallest absolute Gasteiger partial charge is 0.0318 e. The van der Waals surface area contributed by atoms with Crippen molar-refractivity contribution in [1.29, 1.82) is 0 Å². The predicted molar refractivity (Wildman–Crippen MR) is 50.9 cm³/mol. The van der Waals surface area contributed by atoms with Crippen molar-refractivity contribution in [1.82, 2.24) is 4.98 Å². The molecule has 1 rings (SSSR count). The Hall–Kier alpha value is -0.890. The fourth-order valence-electron chi connectivity index (χ4n) is 1.32. The monoisotopic (exact) mass is 164 g/mol. The minimum absolute atomic E-state index is 0.0797. The number of nitrogens with two attached hydrogens (primary N) is 1. The maximum Gasteiger partial charge on any atom is 0.0318 e. The third kappa shape index (κ3) is 1.83. The molecule has 12 heavy (non-hydrogen) atoms. The van der Waals surface area contributed by atoms with Gasteiger partial charge in [-0.3, -0.25) is 4.98 Å². The zero-order chi connectivity index (χ0) is 9.14. The molecule has 0 spiro atoms. The summed E-state index contributed by atoms with van der Waals surface area (Å²) in [7, 11) is 0. The quantitative estimate of drug-likeness (QED) is 0.728. The molecule has 2 N–H and O–H groups in total. The number of pyridine rings is 1. The Labute approximate surface area is 73.8 Å². The van der Waals surface area contributed by atoms with Crippen LogP contribution in [0.1, 0.15) is 43.9 Å². The lowest BCUT2D eigenvalue weighted by Gasteiger charge is -2.14. The van der Waals surface area contributed by atoms with E-state index in [-0.39, 0.29) is 6.04 Å². The van der Waals surface area contributed by atoms with E-state index in [2.05, 4.69) is 18.8 Å². The van der Waals surface area contributed by atoms with Gasteiger partial charge in [0.05, 0.1) is 0 Å².